The second kappa shape index (κ2) is 6.36. The number of benzene rings is 1. The van der Waals surface area contributed by atoms with Gasteiger partial charge in [0.15, 0.2) is 5.92 Å². The Balaban J connectivity index is 3.38. The van der Waals surface area contributed by atoms with Gasteiger partial charge >= 0.3 is 5.97 Å². The first-order valence-corrected chi connectivity index (χ1v) is 6.01. The lowest BCUT2D eigenvalue weighted by Gasteiger charge is -2.28. The van der Waals surface area contributed by atoms with Crippen molar-refractivity contribution in [3.05, 3.63) is 35.4 Å². The Labute approximate surface area is 117 Å². The first-order valence-electron chi connectivity index (χ1n) is 6.01. The van der Waals surface area contributed by atoms with Gasteiger partial charge in [-0.05, 0) is 31.5 Å². The van der Waals surface area contributed by atoms with Gasteiger partial charge in [0, 0.05) is 0 Å². The fraction of sp³-hybridized carbons (Fsp3) is 0.333. The molecule has 1 aromatic rings. The maximum atomic E-state index is 12.2. The maximum absolute atomic E-state index is 12.2. The van der Waals surface area contributed by atoms with Crippen molar-refractivity contribution in [2.45, 2.75) is 19.3 Å². The van der Waals surface area contributed by atoms with Crippen LogP contribution in [-0.4, -0.2) is 12.6 Å². The molecule has 5 heteroatoms. The van der Waals surface area contributed by atoms with E-state index in [9.17, 15) is 4.79 Å². The van der Waals surface area contributed by atoms with Crippen LogP contribution in [0.1, 0.15) is 25.0 Å². The Morgan fingerprint density at radius 2 is 1.80 bits per heavy atom. The van der Waals surface area contributed by atoms with Gasteiger partial charge in [0.25, 0.3) is 0 Å². The summed E-state index contributed by atoms with van der Waals surface area (Å²) in [5.74, 6) is -1.80. The molecule has 1 rings (SSSR count). The van der Waals surface area contributed by atoms with Crippen LogP contribution in [0.5, 0.6) is 0 Å². The molecule has 0 aliphatic carbocycles. The van der Waals surface area contributed by atoms with E-state index in [1.54, 1.807) is 31.2 Å². The lowest BCUT2D eigenvalue weighted by molar-refractivity contribution is -0.150. The molecular weight excluding hydrogens is 254 g/mol. The first kappa shape index (κ1) is 15.2. The van der Waals surface area contributed by atoms with Gasteiger partial charge in [0.2, 0.25) is 0 Å². The van der Waals surface area contributed by atoms with E-state index >= 15 is 0 Å². The van der Waals surface area contributed by atoms with Crippen LogP contribution < -0.4 is 0 Å². The molecule has 5 nitrogen and oxygen atoms in total. The van der Waals surface area contributed by atoms with E-state index < -0.39 is 17.3 Å². The molecule has 0 aliphatic heterocycles. The molecule has 0 saturated heterocycles. The van der Waals surface area contributed by atoms with E-state index in [0.29, 0.717) is 11.1 Å². The quantitative estimate of drug-likeness (QED) is 0.777. The SMILES string of the molecule is CCOC(=O)C(C)(c1ccc(C#N)cc1)C(C#N)C#N. The predicted octanol–water partition coefficient (Wildman–Crippen LogP) is 2.04. The van der Waals surface area contributed by atoms with Crippen molar-refractivity contribution in [3.8, 4) is 18.2 Å². The molecule has 0 saturated carbocycles. The smallest absolute Gasteiger partial charge is 0.318 e. The van der Waals surface area contributed by atoms with Crippen molar-refractivity contribution in [2.75, 3.05) is 6.61 Å². The van der Waals surface area contributed by atoms with Crippen LogP contribution >= 0.6 is 0 Å². The highest BCUT2D eigenvalue weighted by molar-refractivity contribution is 5.84. The predicted molar refractivity (Wildman–Crippen MR) is 69.9 cm³/mol. The minimum Gasteiger partial charge on any atom is -0.465 e. The lowest BCUT2D eigenvalue weighted by Crippen LogP contribution is -2.40. The summed E-state index contributed by atoms with van der Waals surface area (Å²) < 4.78 is 5.00. The molecule has 0 spiro atoms. The van der Waals surface area contributed by atoms with Crippen molar-refractivity contribution in [1.82, 2.24) is 0 Å². The summed E-state index contributed by atoms with van der Waals surface area (Å²) in [4.78, 5) is 12.2. The molecule has 0 radical (unpaired) electrons. The number of rotatable bonds is 4. The van der Waals surface area contributed by atoms with Gasteiger partial charge in [-0.3, -0.25) is 4.79 Å². The largest absolute Gasteiger partial charge is 0.465 e. The van der Waals surface area contributed by atoms with Crippen molar-refractivity contribution in [3.63, 3.8) is 0 Å². The van der Waals surface area contributed by atoms with Gasteiger partial charge < -0.3 is 4.74 Å². The highest BCUT2D eigenvalue weighted by Crippen LogP contribution is 2.33. The molecule has 0 N–H and O–H groups in total. The Morgan fingerprint density at radius 3 is 2.20 bits per heavy atom. The summed E-state index contributed by atoms with van der Waals surface area (Å²) in [6.45, 7) is 3.32. The molecule has 0 fully saturated rings. The Morgan fingerprint density at radius 1 is 1.25 bits per heavy atom. The number of nitrogens with zero attached hydrogens (tertiary/aromatic N) is 3. The second-order valence-corrected chi connectivity index (χ2v) is 4.30. The van der Waals surface area contributed by atoms with Crippen LogP contribution in [0.4, 0.5) is 0 Å². The first-order chi connectivity index (χ1) is 9.54. The Kier molecular flexibility index (Phi) is 4.84. The van der Waals surface area contributed by atoms with Gasteiger partial charge in [-0.15, -0.1) is 0 Å². The summed E-state index contributed by atoms with van der Waals surface area (Å²) in [6, 6.07) is 11.8. The lowest BCUT2D eigenvalue weighted by atomic mass is 9.72. The van der Waals surface area contributed by atoms with Crippen LogP contribution in [0.25, 0.3) is 0 Å². The highest BCUT2D eigenvalue weighted by Gasteiger charge is 2.45. The minimum absolute atomic E-state index is 0.161. The van der Waals surface area contributed by atoms with Crippen LogP contribution in [0.2, 0.25) is 0 Å². The van der Waals surface area contributed by atoms with Crippen molar-refractivity contribution < 1.29 is 9.53 Å². The molecule has 1 unspecified atom stereocenters. The zero-order valence-corrected chi connectivity index (χ0v) is 11.3. The number of hydrogen-bond donors (Lipinski definition) is 0. The van der Waals surface area contributed by atoms with Gasteiger partial charge in [0.1, 0.15) is 5.41 Å². The monoisotopic (exact) mass is 267 g/mol. The molecule has 1 atom stereocenters. The molecule has 0 aliphatic rings. The topological polar surface area (TPSA) is 97.7 Å². The third-order valence-electron chi connectivity index (χ3n) is 3.15. The van der Waals surface area contributed by atoms with E-state index in [0.717, 1.165) is 0 Å². The summed E-state index contributed by atoms with van der Waals surface area (Å²) in [6.07, 6.45) is 0. The van der Waals surface area contributed by atoms with E-state index in [1.807, 2.05) is 18.2 Å². The molecule has 0 heterocycles. The molecule has 0 amide bonds. The van der Waals surface area contributed by atoms with Gasteiger partial charge in [-0.25, -0.2) is 0 Å². The molecular formula is C15H13N3O2. The second-order valence-electron chi connectivity index (χ2n) is 4.30. The Bertz CT molecular complexity index is 602. The third-order valence-corrected chi connectivity index (χ3v) is 3.15. The van der Waals surface area contributed by atoms with E-state index in [4.69, 9.17) is 20.5 Å². The van der Waals surface area contributed by atoms with Crippen molar-refractivity contribution >= 4 is 5.97 Å². The standard InChI is InChI=1S/C15H13N3O2/c1-3-20-14(19)15(2,13(9-17)10-18)12-6-4-11(8-16)5-7-12/h4-7,13H,3H2,1-2H3. The summed E-state index contributed by atoms with van der Waals surface area (Å²) >= 11 is 0. The summed E-state index contributed by atoms with van der Waals surface area (Å²) in [7, 11) is 0. The van der Waals surface area contributed by atoms with Crippen molar-refractivity contribution in [2.24, 2.45) is 5.92 Å². The van der Waals surface area contributed by atoms with Crippen LogP contribution in [0, 0.1) is 39.9 Å². The highest BCUT2D eigenvalue weighted by atomic mass is 16.5. The number of carbonyl (C=O) groups excluding carboxylic acids is 1. The number of nitriles is 3. The van der Waals surface area contributed by atoms with Crippen LogP contribution in [0.3, 0.4) is 0 Å². The van der Waals surface area contributed by atoms with Gasteiger partial charge in [-0.1, -0.05) is 12.1 Å². The fourth-order valence-electron chi connectivity index (χ4n) is 1.86. The Hall–Kier alpha value is -2.84. The fourth-order valence-corrected chi connectivity index (χ4v) is 1.86. The normalized spacial score (nSPS) is 12.6. The number of carbonyl (C=O) groups is 1. The van der Waals surface area contributed by atoms with Crippen LogP contribution in [-0.2, 0) is 14.9 Å². The molecule has 1 aromatic carbocycles. The minimum atomic E-state index is -1.38. The van der Waals surface area contributed by atoms with Gasteiger partial charge in [-0.2, -0.15) is 15.8 Å². The average Bonchev–Trinajstić information content (AvgIpc) is 2.48. The van der Waals surface area contributed by atoms with Crippen LogP contribution in [0.15, 0.2) is 24.3 Å². The summed E-state index contributed by atoms with van der Waals surface area (Å²) in [5, 5.41) is 27.0. The van der Waals surface area contributed by atoms with E-state index in [1.165, 1.54) is 6.92 Å². The number of esters is 1. The zero-order chi connectivity index (χ0) is 15.2. The summed E-state index contributed by atoms with van der Waals surface area (Å²) in [5.41, 5.74) is -0.471. The molecule has 20 heavy (non-hydrogen) atoms. The average molecular weight is 267 g/mol. The molecule has 0 bridgehead atoms. The van der Waals surface area contributed by atoms with Crippen molar-refractivity contribution in [1.29, 1.82) is 15.8 Å². The zero-order valence-electron chi connectivity index (χ0n) is 11.3. The molecule has 0 aromatic heterocycles. The third kappa shape index (κ3) is 2.60. The number of ether oxygens (including phenoxy) is 1. The number of hydrogen-bond acceptors (Lipinski definition) is 5. The molecule has 100 valence electrons. The van der Waals surface area contributed by atoms with E-state index in [2.05, 4.69) is 0 Å². The maximum Gasteiger partial charge on any atom is 0.318 e. The van der Waals surface area contributed by atoms with Gasteiger partial charge in [0.05, 0.1) is 30.4 Å². The van der Waals surface area contributed by atoms with E-state index in [-0.39, 0.29) is 6.61 Å².